The molecule has 0 bridgehead atoms. The fourth-order valence-electron chi connectivity index (χ4n) is 3.38. The lowest BCUT2D eigenvalue weighted by Gasteiger charge is -2.36. The first-order valence-electron chi connectivity index (χ1n) is 9.38. The lowest BCUT2D eigenvalue weighted by atomic mass is 10.2. The van der Waals surface area contributed by atoms with Crippen LogP contribution in [0.3, 0.4) is 0 Å². The number of rotatable bonds is 8. The topological polar surface area (TPSA) is 82.5 Å². The van der Waals surface area contributed by atoms with E-state index in [2.05, 4.69) is 15.9 Å². The Hall–Kier alpha value is -2.93. The quantitative estimate of drug-likeness (QED) is 0.675. The summed E-state index contributed by atoms with van der Waals surface area (Å²) in [5.41, 5.74) is 1.18. The van der Waals surface area contributed by atoms with Crippen LogP contribution in [-0.2, 0) is 0 Å². The van der Waals surface area contributed by atoms with Crippen LogP contribution in [0, 0.1) is 0 Å². The van der Waals surface area contributed by atoms with Crippen molar-refractivity contribution in [3.63, 3.8) is 0 Å². The Kier molecular flexibility index (Phi) is 6.60. The van der Waals surface area contributed by atoms with Crippen molar-refractivity contribution in [1.82, 2.24) is 4.90 Å². The van der Waals surface area contributed by atoms with Gasteiger partial charge in [-0.1, -0.05) is 12.1 Å². The summed E-state index contributed by atoms with van der Waals surface area (Å²) in [6.07, 6.45) is 0.781. The van der Waals surface area contributed by atoms with Crippen LogP contribution in [0.4, 0.5) is 5.69 Å². The van der Waals surface area contributed by atoms with Gasteiger partial charge in [-0.25, -0.2) is 4.79 Å². The molecule has 1 aliphatic rings. The molecule has 1 heterocycles. The Balaban J connectivity index is 1.44. The van der Waals surface area contributed by atoms with Gasteiger partial charge in [0, 0.05) is 38.8 Å². The number of methoxy groups -OCH3 is 1. The first kappa shape index (κ1) is 19.8. The maximum atomic E-state index is 11.2. The summed E-state index contributed by atoms with van der Waals surface area (Å²) in [6.45, 7) is 5.03. The van der Waals surface area contributed by atoms with Gasteiger partial charge in [0.2, 0.25) is 0 Å². The van der Waals surface area contributed by atoms with Gasteiger partial charge >= 0.3 is 5.97 Å². The molecule has 0 aliphatic carbocycles. The number of aromatic hydroxyl groups is 1. The van der Waals surface area contributed by atoms with Gasteiger partial charge in [-0.15, -0.1) is 0 Å². The second-order valence-electron chi connectivity index (χ2n) is 6.69. The van der Waals surface area contributed by atoms with Crippen molar-refractivity contribution in [2.45, 2.75) is 6.42 Å². The molecule has 1 fully saturated rings. The van der Waals surface area contributed by atoms with Gasteiger partial charge in [-0.2, -0.15) is 0 Å². The molecule has 0 spiro atoms. The van der Waals surface area contributed by atoms with E-state index in [4.69, 9.17) is 9.47 Å². The summed E-state index contributed by atoms with van der Waals surface area (Å²) in [6, 6.07) is 12.1. The number of nitrogens with zero attached hydrogens (tertiary/aromatic N) is 2. The number of carboxylic acids is 1. The Labute approximate surface area is 164 Å². The van der Waals surface area contributed by atoms with E-state index in [0.717, 1.165) is 50.6 Å². The van der Waals surface area contributed by atoms with E-state index in [0.29, 0.717) is 6.61 Å². The number of carboxylic acid groups (broad SMARTS) is 1. The minimum Gasteiger partial charge on any atom is -0.508 e. The average molecular weight is 386 g/mol. The molecule has 2 N–H and O–H groups in total. The predicted molar refractivity (Wildman–Crippen MR) is 107 cm³/mol. The maximum absolute atomic E-state index is 11.2. The van der Waals surface area contributed by atoms with Gasteiger partial charge in [0.25, 0.3) is 0 Å². The minimum absolute atomic E-state index is 0.00698. The number of anilines is 1. The number of hydrogen-bond donors (Lipinski definition) is 2. The van der Waals surface area contributed by atoms with Crippen molar-refractivity contribution >= 4 is 11.7 Å². The van der Waals surface area contributed by atoms with Crippen LogP contribution in [0.1, 0.15) is 16.8 Å². The molecule has 0 atom stereocenters. The van der Waals surface area contributed by atoms with Crippen molar-refractivity contribution in [3.05, 3.63) is 48.0 Å². The number of benzene rings is 2. The zero-order chi connectivity index (χ0) is 19.9. The molecule has 2 aromatic rings. The fourth-order valence-corrected chi connectivity index (χ4v) is 3.38. The summed E-state index contributed by atoms with van der Waals surface area (Å²) < 4.78 is 11.0. The van der Waals surface area contributed by atoms with Crippen molar-refractivity contribution in [2.75, 3.05) is 51.3 Å². The zero-order valence-corrected chi connectivity index (χ0v) is 16.0. The largest absolute Gasteiger partial charge is 0.508 e. The molecule has 1 saturated heterocycles. The monoisotopic (exact) mass is 386 g/mol. The Morgan fingerprint density at radius 1 is 1.07 bits per heavy atom. The van der Waals surface area contributed by atoms with Gasteiger partial charge in [-0.05, 0) is 30.7 Å². The molecule has 7 heteroatoms. The molecule has 150 valence electrons. The number of phenols is 1. The van der Waals surface area contributed by atoms with Crippen LogP contribution in [0.25, 0.3) is 0 Å². The lowest BCUT2D eigenvalue weighted by molar-refractivity contribution is 0.0692. The van der Waals surface area contributed by atoms with Gasteiger partial charge in [0.1, 0.15) is 22.8 Å². The molecular weight excluding hydrogens is 360 g/mol. The number of para-hydroxylation sites is 2. The number of piperazine rings is 1. The third-order valence-electron chi connectivity index (χ3n) is 4.87. The fraction of sp³-hybridized carbons (Fsp3) is 0.381. The summed E-state index contributed by atoms with van der Waals surface area (Å²) in [5, 5.41) is 18.7. The molecule has 3 rings (SSSR count). The van der Waals surface area contributed by atoms with Crippen molar-refractivity contribution in [1.29, 1.82) is 0 Å². The molecule has 0 unspecified atom stereocenters. The Morgan fingerprint density at radius 3 is 2.54 bits per heavy atom. The smallest absolute Gasteiger partial charge is 0.339 e. The van der Waals surface area contributed by atoms with Crippen molar-refractivity contribution < 1.29 is 24.5 Å². The normalized spacial score (nSPS) is 14.7. The van der Waals surface area contributed by atoms with Gasteiger partial charge in [0.15, 0.2) is 0 Å². The summed E-state index contributed by atoms with van der Waals surface area (Å²) in [4.78, 5) is 15.9. The van der Waals surface area contributed by atoms with E-state index < -0.39 is 5.97 Å². The first-order valence-corrected chi connectivity index (χ1v) is 9.38. The van der Waals surface area contributed by atoms with Gasteiger partial charge in [0.05, 0.1) is 19.4 Å². The van der Waals surface area contributed by atoms with E-state index in [-0.39, 0.29) is 17.1 Å². The van der Waals surface area contributed by atoms with Crippen molar-refractivity contribution in [2.24, 2.45) is 0 Å². The standard InChI is InChI=1S/C21H26N2O5/c1-27-19-6-3-2-5-18(19)23-12-10-22(11-13-23)9-4-14-28-20-15-16(24)7-8-17(20)21(25)26/h2-3,5-8,15,24H,4,9-14H2,1H3,(H,25,26). The molecule has 1 aliphatic heterocycles. The molecule has 0 saturated carbocycles. The molecule has 2 aromatic carbocycles. The van der Waals surface area contributed by atoms with E-state index >= 15 is 0 Å². The number of carbonyl (C=O) groups is 1. The minimum atomic E-state index is -1.07. The number of phenolic OH excluding ortho intramolecular Hbond substituents is 1. The zero-order valence-electron chi connectivity index (χ0n) is 16.0. The molecular formula is C21H26N2O5. The summed E-state index contributed by atoms with van der Waals surface area (Å²) in [5.74, 6) is 0.0214. The maximum Gasteiger partial charge on any atom is 0.339 e. The molecule has 0 aromatic heterocycles. The highest BCUT2D eigenvalue weighted by Gasteiger charge is 2.19. The Morgan fingerprint density at radius 2 is 1.82 bits per heavy atom. The second-order valence-corrected chi connectivity index (χ2v) is 6.69. The van der Waals surface area contributed by atoms with Crippen LogP contribution in [0.15, 0.2) is 42.5 Å². The predicted octanol–water partition coefficient (Wildman–Crippen LogP) is 2.69. The van der Waals surface area contributed by atoms with Crippen LogP contribution < -0.4 is 14.4 Å². The van der Waals surface area contributed by atoms with Crippen molar-refractivity contribution in [3.8, 4) is 17.2 Å². The lowest BCUT2D eigenvalue weighted by Crippen LogP contribution is -2.46. The van der Waals surface area contributed by atoms with Gasteiger partial charge < -0.3 is 24.6 Å². The molecule has 28 heavy (non-hydrogen) atoms. The average Bonchev–Trinajstić information content (AvgIpc) is 2.71. The second kappa shape index (κ2) is 9.32. The van der Waals surface area contributed by atoms with E-state index in [9.17, 15) is 15.0 Å². The first-order chi connectivity index (χ1) is 13.6. The Bertz CT molecular complexity index is 803. The van der Waals surface area contributed by atoms with E-state index in [1.165, 1.54) is 18.2 Å². The molecule has 0 amide bonds. The third kappa shape index (κ3) is 4.86. The molecule has 7 nitrogen and oxygen atoms in total. The summed E-state index contributed by atoms with van der Waals surface area (Å²) >= 11 is 0. The van der Waals surface area contributed by atoms with E-state index in [1.54, 1.807) is 7.11 Å². The number of aromatic carboxylic acids is 1. The third-order valence-corrected chi connectivity index (χ3v) is 4.87. The highest BCUT2D eigenvalue weighted by Crippen LogP contribution is 2.28. The number of ether oxygens (including phenoxy) is 2. The van der Waals surface area contributed by atoms with Crippen LogP contribution in [-0.4, -0.2) is 67.5 Å². The molecule has 0 radical (unpaired) electrons. The SMILES string of the molecule is COc1ccccc1N1CCN(CCCOc2cc(O)ccc2C(=O)O)CC1. The van der Waals surface area contributed by atoms with Gasteiger partial charge in [-0.3, -0.25) is 4.90 Å². The highest BCUT2D eigenvalue weighted by atomic mass is 16.5. The van der Waals surface area contributed by atoms with Crippen LogP contribution >= 0.6 is 0 Å². The van der Waals surface area contributed by atoms with Crippen LogP contribution in [0.5, 0.6) is 17.2 Å². The summed E-state index contributed by atoms with van der Waals surface area (Å²) in [7, 11) is 1.69. The van der Waals surface area contributed by atoms with E-state index in [1.807, 2.05) is 18.2 Å². The highest BCUT2D eigenvalue weighted by molar-refractivity contribution is 5.91. The van der Waals surface area contributed by atoms with Crippen LogP contribution in [0.2, 0.25) is 0 Å². The number of hydrogen-bond acceptors (Lipinski definition) is 6.